The predicted molar refractivity (Wildman–Crippen MR) is 59.7 cm³/mol. The third-order valence-electron chi connectivity index (χ3n) is 2.15. The first-order valence-electron chi connectivity index (χ1n) is 4.63. The van der Waals surface area contributed by atoms with Crippen molar-refractivity contribution in [3.8, 4) is 5.75 Å². The quantitative estimate of drug-likeness (QED) is 0.437. The number of nitrogens with two attached hydrogens (primary N) is 1. The summed E-state index contributed by atoms with van der Waals surface area (Å²) in [5.41, 5.74) is 6.52. The number of ether oxygens (including phenoxy) is 1. The van der Waals surface area contributed by atoms with Crippen molar-refractivity contribution in [3.63, 3.8) is 0 Å². The molecule has 0 aromatic heterocycles. The van der Waals surface area contributed by atoms with Gasteiger partial charge in [0, 0.05) is 18.0 Å². The third-order valence-corrected chi connectivity index (χ3v) is 2.15. The molecule has 0 heterocycles. The van der Waals surface area contributed by atoms with Gasteiger partial charge < -0.3 is 10.5 Å². The minimum absolute atomic E-state index is 0.321. The van der Waals surface area contributed by atoms with Gasteiger partial charge in [0.25, 0.3) is 0 Å². The molecule has 0 aliphatic carbocycles. The lowest BCUT2D eigenvalue weighted by Gasteiger charge is -2.04. The van der Waals surface area contributed by atoms with E-state index in [2.05, 4.69) is 0 Å². The summed E-state index contributed by atoms with van der Waals surface area (Å²) >= 11 is 0. The fraction of sp³-hybridized carbons (Fsp3) is 0.0833. The van der Waals surface area contributed by atoms with E-state index in [9.17, 15) is 4.79 Å². The molecule has 0 bridgehead atoms. The van der Waals surface area contributed by atoms with E-state index in [1.54, 1.807) is 12.1 Å². The molecule has 3 nitrogen and oxygen atoms in total. The molecular formula is C12H11NO2. The highest BCUT2D eigenvalue weighted by molar-refractivity contribution is 5.93. The van der Waals surface area contributed by atoms with E-state index in [1.807, 2.05) is 24.3 Å². The second kappa shape index (κ2) is 3.61. The zero-order valence-electron chi connectivity index (χ0n) is 8.36. The zero-order valence-corrected chi connectivity index (χ0v) is 8.36. The van der Waals surface area contributed by atoms with Crippen LogP contribution in [0.5, 0.6) is 5.75 Å². The van der Waals surface area contributed by atoms with Crippen LogP contribution in [0.1, 0.15) is 6.92 Å². The lowest BCUT2D eigenvalue weighted by atomic mass is 10.1. The maximum Gasteiger partial charge on any atom is 0.308 e. The first kappa shape index (κ1) is 9.52. The van der Waals surface area contributed by atoms with E-state index in [4.69, 9.17) is 10.5 Å². The summed E-state index contributed by atoms with van der Waals surface area (Å²) in [6.45, 7) is 1.38. The molecule has 0 radical (unpaired) electrons. The molecule has 0 atom stereocenters. The van der Waals surface area contributed by atoms with Crippen molar-refractivity contribution < 1.29 is 9.53 Å². The predicted octanol–water partition coefficient (Wildman–Crippen LogP) is 2.35. The Morgan fingerprint density at radius 3 is 2.80 bits per heavy atom. The Morgan fingerprint density at radius 2 is 2.07 bits per heavy atom. The Balaban J connectivity index is 2.52. The topological polar surface area (TPSA) is 52.3 Å². The summed E-state index contributed by atoms with van der Waals surface area (Å²) in [4.78, 5) is 10.8. The van der Waals surface area contributed by atoms with Crippen LogP contribution in [0.4, 0.5) is 5.69 Å². The van der Waals surface area contributed by atoms with E-state index < -0.39 is 0 Å². The van der Waals surface area contributed by atoms with E-state index in [-0.39, 0.29) is 5.97 Å². The van der Waals surface area contributed by atoms with Gasteiger partial charge in [0.05, 0.1) is 0 Å². The lowest BCUT2D eigenvalue weighted by molar-refractivity contribution is -0.131. The molecule has 3 heteroatoms. The number of carbonyl (C=O) groups excluding carboxylic acids is 1. The van der Waals surface area contributed by atoms with Gasteiger partial charge in [-0.25, -0.2) is 0 Å². The molecule has 15 heavy (non-hydrogen) atoms. The second-order valence-electron chi connectivity index (χ2n) is 3.32. The molecule has 2 aromatic carbocycles. The van der Waals surface area contributed by atoms with Gasteiger partial charge in [-0.15, -0.1) is 0 Å². The average Bonchev–Trinajstić information content (AvgIpc) is 2.17. The molecule has 0 saturated carbocycles. The first-order valence-corrected chi connectivity index (χ1v) is 4.63. The van der Waals surface area contributed by atoms with Crippen molar-refractivity contribution in [2.45, 2.75) is 6.92 Å². The molecule has 0 aliphatic rings. The van der Waals surface area contributed by atoms with Gasteiger partial charge in [-0.3, -0.25) is 4.79 Å². The number of benzene rings is 2. The van der Waals surface area contributed by atoms with Gasteiger partial charge in [-0.1, -0.05) is 12.1 Å². The Kier molecular flexibility index (Phi) is 2.29. The molecule has 76 valence electrons. The monoisotopic (exact) mass is 201 g/mol. The molecule has 2 N–H and O–H groups in total. The van der Waals surface area contributed by atoms with Crippen LogP contribution >= 0.6 is 0 Å². The molecule has 0 aliphatic heterocycles. The van der Waals surface area contributed by atoms with Crippen molar-refractivity contribution in [2.24, 2.45) is 0 Å². The van der Waals surface area contributed by atoms with Gasteiger partial charge >= 0.3 is 5.97 Å². The number of anilines is 1. The standard InChI is InChI=1S/C12H11NO2/c1-8(14)15-10-5-6-11-9(7-10)3-2-4-12(11)13/h2-7H,13H2,1H3. The summed E-state index contributed by atoms with van der Waals surface area (Å²) in [6.07, 6.45) is 0. The molecule has 0 amide bonds. The van der Waals surface area contributed by atoms with E-state index in [0.717, 1.165) is 16.5 Å². The van der Waals surface area contributed by atoms with Gasteiger partial charge in [-0.2, -0.15) is 0 Å². The highest BCUT2D eigenvalue weighted by Crippen LogP contribution is 2.25. The highest BCUT2D eigenvalue weighted by atomic mass is 16.5. The minimum atomic E-state index is -0.321. The number of carbonyl (C=O) groups is 1. The summed E-state index contributed by atoms with van der Waals surface area (Å²) in [7, 11) is 0. The molecule has 2 rings (SSSR count). The summed E-state index contributed by atoms with van der Waals surface area (Å²) in [6, 6.07) is 11.0. The fourth-order valence-electron chi connectivity index (χ4n) is 1.52. The molecule has 0 fully saturated rings. The van der Waals surface area contributed by atoms with Crippen LogP contribution in [0.15, 0.2) is 36.4 Å². The van der Waals surface area contributed by atoms with Crippen molar-refractivity contribution in [1.29, 1.82) is 0 Å². The summed E-state index contributed by atoms with van der Waals surface area (Å²) in [5.74, 6) is 0.221. The zero-order chi connectivity index (χ0) is 10.8. The van der Waals surface area contributed by atoms with Crippen molar-refractivity contribution in [1.82, 2.24) is 0 Å². The average molecular weight is 201 g/mol. The van der Waals surface area contributed by atoms with E-state index >= 15 is 0 Å². The van der Waals surface area contributed by atoms with Crippen LogP contribution in [-0.2, 0) is 4.79 Å². The largest absolute Gasteiger partial charge is 0.427 e. The van der Waals surface area contributed by atoms with Gasteiger partial charge in [-0.05, 0) is 29.7 Å². The number of hydrogen-bond donors (Lipinski definition) is 1. The SMILES string of the molecule is CC(=O)Oc1ccc2c(N)cccc2c1. The van der Waals surface area contributed by atoms with Crippen molar-refractivity contribution in [3.05, 3.63) is 36.4 Å². The van der Waals surface area contributed by atoms with Gasteiger partial charge in [0.1, 0.15) is 5.75 Å². The number of esters is 1. The second-order valence-corrected chi connectivity index (χ2v) is 3.32. The van der Waals surface area contributed by atoms with Crippen molar-refractivity contribution in [2.75, 3.05) is 5.73 Å². The maximum absolute atomic E-state index is 10.8. The lowest BCUT2D eigenvalue weighted by Crippen LogP contribution is -2.01. The number of fused-ring (bicyclic) bond motifs is 1. The first-order chi connectivity index (χ1) is 7.16. The molecule has 0 spiro atoms. The molecular weight excluding hydrogens is 190 g/mol. The van der Waals surface area contributed by atoms with Crippen LogP contribution in [0.2, 0.25) is 0 Å². The van der Waals surface area contributed by atoms with Crippen LogP contribution < -0.4 is 10.5 Å². The molecule has 0 saturated heterocycles. The fourth-order valence-corrected chi connectivity index (χ4v) is 1.52. The van der Waals surface area contributed by atoms with Crippen LogP contribution in [-0.4, -0.2) is 5.97 Å². The Labute approximate surface area is 87.5 Å². The van der Waals surface area contributed by atoms with Gasteiger partial charge in [0.15, 0.2) is 0 Å². The Morgan fingerprint density at radius 1 is 1.27 bits per heavy atom. The number of nitrogen functional groups attached to an aromatic ring is 1. The number of rotatable bonds is 1. The minimum Gasteiger partial charge on any atom is -0.427 e. The Bertz CT molecular complexity index is 520. The normalized spacial score (nSPS) is 10.2. The molecule has 0 unspecified atom stereocenters. The van der Waals surface area contributed by atoms with Crippen LogP contribution in [0.25, 0.3) is 10.8 Å². The molecule has 2 aromatic rings. The third kappa shape index (κ3) is 1.91. The highest BCUT2D eigenvalue weighted by Gasteiger charge is 2.01. The number of hydrogen-bond acceptors (Lipinski definition) is 3. The summed E-state index contributed by atoms with van der Waals surface area (Å²) in [5, 5.41) is 1.93. The summed E-state index contributed by atoms with van der Waals surface area (Å²) < 4.78 is 4.98. The van der Waals surface area contributed by atoms with Crippen molar-refractivity contribution >= 4 is 22.4 Å². The van der Waals surface area contributed by atoms with E-state index in [1.165, 1.54) is 6.92 Å². The van der Waals surface area contributed by atoms with E-state index in [0.29, 0.717) is 5.75 Å². The van der Waals surface area contributed by atoms with Gasteiger partial charge in [0.2, 0.25) is 0 Å². The maximum atomic E-state index is 10.8. The van der Waals surface area contributed by atoms with Crippen LogP contribution in [0.3, 0.4) is 0 Å². The Hall–Kier alpha value is -2.03. The van der Waals surface area contributed by atoms with Crippen LogP contribution in [0, 0.1) is 0 Å². The smallest absolute Gasteiger partial charge is 0.308 e.